The summed E-state index contributed by atoms with van der Waals surface area (Å²) in [7, 11) is -3.38. The number of aliphatic carboxylic acids is 1. The minimum atomic E-state index is -3.38. The molecule has 1 aliphatic carbocycles. The standard InChI is InChI=1S/C24H27BrN2O5S/c1-33(31,32)20-8-3-2-5-16(20)15-26-23(30)27-11-9-24(10-12-27)14-17(13-21(28)29)18-6-4-7-19(25)22(18)24/h2-8,17H,9-15H2,1H3,(H,26,30)(H,28,29). The summed E-state index contributed by atoms with van der Waals surface area (Å²) in [6.45, 7) is 1.25. The van der Waals surface area contributed by atoms with Crippen molar-refractivity contribution in [1.82, 2.24) is 10.2 Å². The van der Waals surface area contributed by atoms with E-state index in [9.17, 15) is 23.1 Å². The number of carboxylic acid groups (broad SMARTS) is 1. The third kappa shape index (κ3) is 4.80. The van der Waals surface area contributed by atoms with E-state index in [4.69, 9.17) is 0 Å². The van der Waals surface area contributed by atoms with Crippen molar-refractivity contribution in [1.29, 1.82) is 0 Å². The van der Waals surface area contributed by atoms with Crippen molar-refractivity contribution in [3.63, 3.8) is 0 Å². The Morgan fingerprint density at radius 3 is 2.52 bits per heavy atom. The van der Waals surface area contributed by atoms with E-state index in [1.165, 1.54) is 5.56 Å². The van der Waals surface area contributed by atoms with Crippen LogP contribution in [0.25, 0.3) is 0 Å². The summed E-state index contributed by atoms with van der Waals surface area (Å²) in [6.07, 6.45) is 3.55. The molecule has 0 aromatic heterocycles. The Bertz CT molecular complexity index is 1190. The highest BCUT2D eigenvalue weighted by Gasteiger charge is 2.47. The van der Waals surface area contributed by atoms with Crippen molar-refractivity contribution < 1.29 is 23.1 Å². The molecule has 0 radical (unpaired) electrons. The number of fused-ring (bicyclic) bond motifs is 2. The summed E-state index contributed by atoms with van der Waals surface area (Å²) in [6, 6.07) is 12.4. The van der Waals surface area contributed by atoms with E-state index in [-0.39, 0.29) is 35.2 Å². The Morgan fingerprint density at radius 1 is 1.15 bits per heavy atom. The molecule has 9 heteroatoms. The van der Waals surface area contributed by atoms with Crippen LogP contribution in [0.2, 0.25) is 0 Å². The lowest BCUT2D eigenvalue weighted by Crippen LogP contribution is -2.48. The molecule has 176 valence electrons. The second-order valence-corrected chi connectivity index (χ2v) is 11.8. The highest BCUT2D eigenvalue weighted by atomic mass is 79.9. The van der Waals surface area contributed by atoms with Crippen LogP contribution in [-0.2, 0) is 26.6 Å². The summed E-state index contributed by atoms with van der Waals surface area (Å²) in [5.41, 5.74) is 2.71. The van der Waals surface area contributed by atoms with Gasteiger partial charge in [-0.15, -0.1) is 0 Å². The summed E-state index contributed by atoms with van der Waals surface area (Å²) in [4.78, 5) is 26.2. The minimum Gasteiger partial charge on any atom is -0.481 e. The van der Waals surface area contributed by atoms with Crippen LogP contribution in [0.5, 0.6) is 0 Å². The van der Waals surface area contributed by atoms with Gasteiger partial charge in [-0.3, -0.25) is 4.79 Å². The zero-order valence-corrected chi connectivity index (χ0v) is 20.8. The van der Waals surface area contributed by atoms with E-state index in [2.05, 4.69) is 21.2 Å². The van der Waals surface area contributed by atoms with Gasteiger partial charge in [0.1, 0.15) is 0 Å². The molecule has 4 rings (SSSR count). The van der Waals surface area contributed by atoms with Crippen LogP contribution in [0, 0.1) is 0 Å². The van der Waals surface area contributed by atoms with Crippen molar-refractivity contribution >= 4 is 37.8 Å². The molecular formula is C24H27BrN2O5S. The number of hydrogen-bond acceptors (Lipinski definition) is 4. The number of carbonyl (C=O) groups is 2. The van der Waals surface area contributed by atoms with Crippen molar-refractivity contribution in [3.05, 3.63) is 63.6 Å². The molecule has 1 spiro atoms. The first-order valence-corrected chi connectivity index (χ1v) is 13.6. The van der Waals surface area contributed by atoms with Crippen LogP contribution < -0.4 is 5.32 Å². The first-order valence-electron chi connectivity index (χ1n) is 10.9. The molecule has 1 aliphatic heterocycles. The highest BCUT2D eigenvalue weighted by molar-refractivity contribution is 9.10. The van der Waals surface area contributed by atoms with Crippen LogP contribution in [-0.4, -0.2) is 49.8 Å². The number of hydrogen-bond donors (Lipinski definition) is 2. The third-order valence-corrected chi connectivity index (χ3v) is 8.74. The van der Waals surface area contributed by atoms with Gasteiger partial charge >= 0.3 is 12.0 Å². The number of piperidine rings is 1. The van der Waals surface area contributed by atoms with Gasteiger partial charge in [-0.25, -0.2) is 13.2 Å². The van der Waals surface area contributed by atoms with Crippen LogP contribution in [0.1, 0.15) is 48.3 Å². The highest BCUT2D eigenvalue weighted by Crippen LogP contribution is 2.54. The maximum absolute atomic E-state index is 12.8. The van der Waals surface area contributed by atoms with Gasteiger partial charge < -0.3 is 15.3 Å². The number of likely N-dealkylation sites (tertiary alicyclic amines) is 1. The molecule has 2 aromatic carbocycles. The van der Waals surface area contributed by atoms with E-state index in [1.807, 2.05) is 18.2 Å². The fourth-order valence-corrected chi connectivity index (χ4v) is 7.15. The molecule has 2 amide bonds. The molecule has 1 saturated heterocycles. The number of rotatable bonds is 5. The molecule has 0 bridgehead atoms. The van der Waals surface area contributed by atoms with E-state index in [0.29, 0.717) is 18.7 Å². The van der Waals surface area contributed by atoms with Gasteiger partial charge in [-0.05, 0) is 54.0 Å². The van der Waals surface area contributed by atoms with Gasteiger partial charge in [0.2, 0.25) is 0 Å². The van der Waals surface area contributed by atoms with E-state index >= 15 is 0 Å². The van der Waals surface area contributed by atoms with E-state index in [1.54, 1.807) is 29.2 Å². The Hall–Kier alpha value is -2.39. The minimum absolute atomic E-state index is 0.0251. The number of nitrogens with zero attached hydrogens (tertiary/aromatic N) is 1. The second-order valence-electron chi connectivity index (χ2n) is 9.01. The molecule has 33 heavy (non-hydrogen) atoms. The summed E-state index contributed by atoms with van der Waals surface area (Å²) >= 11 is 3.68. The smallest absolute Gasteiger partial charge is 0.317 e. The Labute approximate surface area is 202 Å². The van der Waals surface area contributed by atoms with Crippen LogP contribution in [0.15, 0.2) is 51.8 Å². The van der Waals surface area contributed by atoms with Gasteiger partial charge in [0.25, 0.3) is 0 Å². The summed E-state index contributed by atoms with van der Waals surface area (Å²) < 4.78 is 25.0. The monoisotopic (exact) mass is 534 g/mol. The molecule has 2 aliphatic rings. The predicted molar refractivity (Wildman–Crippen MR) is 128 cm³/mol. The van der Waals surface area contributed by atoms with Crippen molar-refractivity contribution in [3.8, 4) is 0 Å². The molecular weight excluding hydrogens is 508 g/mol. The van der Waals surface area contributed by atoms with Crippen LogP contribution in [0.3, 0.4) is 0 Å². The molecule has 1 unspecified atom stereocenters. The van der Waals surface area contributed by atoms with Crippen molar-refractivity contribution in [2.75, 3.05) is 19.3 Å². The molecule has 1 heterocycles. The number of amides is 2. The average Bonchev–Trinajstić information content (AvgIpc) is 3.05. The average molecular weight is 535 g/mol. The molecule has 7 nitrogen and oxygen atoms in total. The summed E-state index contributed by atoms with van der Waals surface area (Å²) in [5.74, 6) is -0.822. The van der Waals surface area contributed by atoms with Crippen LogP contribution >= 0.6 is 15.9 Å². The summed E-state index contributed by atoms with van der Waals surface area (Å²) in [5, 5.41) is 12.2. The molecule has 2 N–H and O–H groups in total. The zero-order chi connectivity index (χ0) is 23.8. The van der Waals surface area contributed by atoms with Gasteiger partial charge in [0.15, 0.2) is 9.84 Å². The Kier molecular flexibility index (Phi) is 6.55. The van der Waals surface area contributed by atoms with Gasteiger partial charge in [0.05, 0.1) is 11.3 Å². The van der Waals surface area contributed by atoms with Crippen LogP contribution in [0.4, 0.5) is 4.79 Å². The quantitative estimate of drug-likeness (QED) is 0.601. The van der Waals surface area contributed by atoms with Crippen molar-refractivity contribution in [2.45, 2.75) is 48.5 Å². The zero-order valence-electron chi connectivity index (χ0n) is 18.4. The number of urea groups is 1. The lowest BCUT2D eigenvalue weighted by Gasteiger charge is -2.40. The van der Waals surface area contributed by atoms with Crippen molar-refractivity contribution in [2.24, 2.45) is 0 Å². The largest absolute Gasteiger partial charge is 0.481 e. The molecule has 2 aromatic rings. The number of nitrogens with one attached hydrogen (secondary N) is 1. The number of halogens is 1. The number of carboxylic acids is 1. The number of sulfone groups is 1. The number of benzene rings is 2. The first-order chi connectivity index (χ1) is 15.6. The molecule has 0 saturated carbocycles. The van der Waals surface area contributed by atoms with E-state index in [0.717, 1.165) is 35.6 Å². The lowest BCUT2D eigenvalue weighted by molar-refractivity contribution is -0.137. The topological polar surface area (TPSA) is 104 Å². The fraction of sp³-hybridized carbons (Fsp3) is 0.417. The van der Waals surface area contributed by atoms with Gasteiger partial charge in [-0.2, -0.15) is 0 Å². The lowest BCUT2D eigenvalue weighted by atomic mass is 9.73. The fourth-order valence-electron chi connectivity index (χ4n) is 5.40. The Morgan fingerprint density at radius 2 is 1.85 bits per heavy atom. The Balaban J connectivity index is 1.44. The SMILES string of the molecule is CS(=O)(=O)c1ccccc1CNC(=O)N1CCC2(CC1)CC(CC(=O)O)c1cccc(Br)c12. The predicted octanol–water partition coefficient (Wildman–Crippen LogP) is 4.06. The van der Waals surface area contributed by atoms with Gasteiger partial charge in [-0.1, -0.05) is 46.3 Å². The maximum Gasteiger partial charge on any atom is 0.317 e. The molecule has 1 atom stereocenters. The maximum atomic E-state index is 12.8. The normalized spacial score (nSPS) is 19.3. The van der Waals surface area contributed by atoms with Gasteiger partial charge in [0, 0.05) is 35.8 Å². The number of carbonyl (C=O) groups excluding carboxylic acids is 1. The first kappa shape index (κ1) is 23.8. The second kappa shape index (κ2) is 9.10. The third-order valence-electron chi connectivity index (χ3n) is 6.88. The van der Waals surface area contributed by atoms with E-state index < -0.39 is 15.8 Å². The molecule has 1 fully saturated rings.